The van der Waals surface area contributed by atoms with Gasteiger partial charge < -0.3 is 10.4 Å². The maximum absolute atomic E-state index is 11.8. The first kappa shape index (κ1) is 15.6. The lowest BCUT2D eigenvalue weighted by Crippen LogP contribution is -2.49. The molecule has 0 aliphatic rings. The summed E-state index contributed by atoms with van der Waals surface area (Å²) in [5.74, 6) is -1.89. The van der Waals surface area contributed by atoms with Crippen LogP contribution in [0.3, 0.4) is 0 Å². The highest BCUT2D eigenvalue weighted by molar-refractivity contribution is 7.91. The van der Waals surface area contributed by atoms with Gasteiger partial charge in [-0.05, 0) is 25.3 Å². The van der Waals surface area contributed by atoms with Crippen LogP contribution in [0.2, 0.25) is 0 Å². The molecule has 0 bridgehead atoms. The van der Waals surface area contributed by atoms with E-state index in [1.807, 2.05) is 0 Å². The van der Waals surface area contributed by atoms with Gasteiger partial charge in [0, 0.05) is 0 Å². The van der Waals surface area contributed by atoms with Gasteiger partial charge in [-0.2, -0.15) is 4.72 Å². The van der Waals surface area contributed by atoms with Gasteiger partial charge in [0.15, 0.2) is 0 Å². The van der Waals surface area contributed by atoms with Crippen molar-refractivity contribution in [3.8, 4) is 0 Å². The van der Waals surface area contributed by atoms with Crippen molar-refractivity contribution in [2.75, 3.05) is 0 Å². The van der Waals surface area contributed by atoms with Crippen LogP contribution in [-0.4, -0.2) is 37.5 Å². The highest BCUT2D eigenvalue weighted by Crippen LogP contribution is 2.15. The van der Waals surface area contributed by atoms with Crippen molar-refractivity contribution in [3.63, 3.8) is 0 Å². The second kappa shape index (κ2) is 6.13. The Labute approximate surface area is 114 Å². The Morgan fingerprint density at radius 3 is 2.42 bits per heavy atom. The normalized spacial score (nSPS) is 14.6. The van der Waals surface area contributed by atoms with Crippen LogP contribution in [0.15, 0.2) is 21.7 Å². The molecule has 1 rings (SSSR count). The molecule has 0 saturated carbocycles. The van der Waals surface area contributed by atoms with Crippen LogP contribution in [0.25, 0.3) is 0 Å². The fraction of sp³-hybridized carbons (Fsp3) is 0.400. The molecular weight excluding hydrogens is 292 g/mol. The molecule has 3 N–H and O–H groups in total. The summed E-state index contributed by atoms with van der Waals surface area (Å²) in [5, 5.41) is 12.4. The van der Waals surface area contributed by atoms with E-state index in [4.69, 9.17) is 5.11 Å². The van der Waals surface area contributed by atoms with Crippen LogP contribution in [0.4, 0.5) is 0 Å². The summed E-state index contributed by atoms with van der Waals surface area (Å²) < 4.78 is 25.9. The Morgan fingerprint density at radius 2 is 1.95 bits per heavy atom. The molecule has 0 aromatic carbocycles. The van der Waals surface area contributed by atoms with Gasteiger partial charge in [-0.1, -0.05) is 6.07 Å². The van der Waals surface area contributed by atoms with Crippen molar-refractivity contribution in [1.82, 2.24) is 10.0 Å². The van der Waals surface area contributed by atoms with Gasteiger partial charge in [-0.25, -0.2) is 8.42 Å². The molecule has 1 amide bonds. The number of carbonyl (C=O) groups is 2. The minimum absolute atomic E-state index is 0.0958. The number of carbonyl (C=O) groups excluding carboxylic acids is 1. The monoisotopic (exact) mass is 306 g/mol. The lowest BCUT2D eigenvalue weighted by atomic mass is 10.3. The summed E-state index contributed by atoms with van der Waals surface area (Å²) in [6.07, 6.45) is 0. The zero-order valence-electron chi connectivity index (χ0n) is 10.3. The van der Waals surface area contributed by atoms with Crippen LogP contribution in [0.5, 0.6) is 0 Å². The largest absolute Gasteiger partial charge is 0.480 e. The number of hydrogen-bond donors (Lipinski definition) is 3. The topological polar surface area (TPSA) is 113 Å². The summed E-state index contributed by atoms with van der Waals surface area (Å²) in [6, 6.07) is 0.851. The second-order valence-electron chi connectivity index (χ2n) is 3.84. The molecule has 7 nitrogen and oxygen atoms in total. The van der Waals surface area contributed by atoms with E-state index >= 15 is 0 Å². The second-order valence-corrected chi connectivity index (χ2v) is 6.73. The number of hydrogen-bond acceptors (Lipinski definition) is 5. The lowest BCUT2D eigenvalue weighted by molar-refractivity contribution is -0.141. The molecule has 1 aromatic rings. The number of carboxylic acids is 1. The predicted molar refractivity (Wildman–Crippen MR) is 69.3 cm³/mol. The van der Waals surface area contributed by atoms with Crippen molar-refractivity contribution in [1.29, 1.82) is 0 Å². The standard InChI is InChI=1S/C10H14N2O5S2/c1-6(9(13)11-7(2)10(14)15)12-19(16,17)8-4-3-5-18-8/h3-7,12H,1-2H3,(H,11,13)(H,14,15)/t6?,7-/m0/s1. The predicted octanol–water partition coefficient (Wildman–Crippen LogP) is 0.00420. The molecule has 1 heterocycles. The Kier molecular flexibility index (Phi) is 5.04. The van der Waals surface area contributed by atoms with Crippen LogP contribution in [0.1, 0.15) is 13.8 Å². The summed E-state index contributed by atoms with van der Waals surface area (Å²) in [7, 11) is -3.76. The average Bonchev–Trinajstić information content (AvgIpc) is 2.81. The Bertz CT molecular complexity index is 552. The smallest absolute Gasteiger partial charge is 0.325 e. The number of sulfonamides is 1. The van der Waals surface area contributed by atoms with Gasteiger partial charge in [-0.15, -0.1) is 11.3 Å². The number of amides is 1. The summed E-state index contributed by atoms with van der Waals surface area (Å²) >= 11 is 1.03. The van der Waals surface area contributed by atoms with Gasteiger partial charge in [0.25, 0.3) is 10.0 Å². The van der Waals surface area contributed by atoms with Crippen molar-refractivity contribution >= 4 is 33.2 Å². The summed E-state index contributed by atoms with van der Waals surface area (Å²) in [4.78, 5) is 22.2. The van der Waals surface area contributed by atoms with Crippen LogP contribution in [-0.2, 0) is 19.6 Å². The van der Waals surface area contributed by atoms with Crippen LogP contribution < -0.4 is 10.0 Å². The summed E-state index contributed by atoms with van der Waals surface area (Å²) in [5.41, 5.74) is 0. The van der Waals surface area contributed by atoms with Crippen molar-refractivity contribution < 1.29 is 23.1 Å². The van der Waals surface area contributed by atoms with Crippen molar-refractivity contribution in [3.05, 3.63) is 17.5 Å². The first-order valence-electron chi connectivity index (χ1n) is 5.33. The lowest BCUT2D eigenvalue weighted by Gasteiger charge is -2.15. The SMILES string of the molecule is CC(NS(=O)(=O)c1cccs1)C(=O)N[C@@H](C)C(=O)O. The van der Waals surface area contributed by atoms with E-state index in [1.165, 1.54) is 19.9 Å². The third kappa shape index (κ3) is 4.30. The molecule has 1 unspecified atom stereocenters. The molecule has 19 heavy (non-hydrogen) atoms. The zero-order chi connectivity index (χ0) is 14.6. The highest BCUT2D eigenvalue weighted by atomic mass is 32.2. The third-order valence-electron chi connectivity index (χ3n) is 2.21. The van der Waals surface area contributed by atoms with Gasteiger partial charge in [0.1, 0.15) is 10.3 Å². The highest BCUT2D eigenvalue weighted by Gasteiger charge is 2.24. The first-order chi connectivity index (χ1) is 8.74. The molecule has 0 saturated heterocycles. The number of aliphatic carboxylic acids is 1. The molecule has 9 heteroatoms. The van der Waals surface area contributed by atoms with Gasteiger partial charge in [0.05, 0.1) is 6.04 Å². The Morgan fingerprint density at radius 1 is 1.32 bits per heavy atom. The van der Waals surface area contributed by atoms with Gasteiger partial charge in [0.2, 0.25) is 5.91 Å². The van der Waals surface area contributed by atoms with E-state index in [9.17, 15) is 18.0 Å². The maximum Gasteiger partial charge on any atom is 0.325 e. The minimum Gasteiger partial charge on any atom is -0.480 e. The Hall–Kier alpha value is -1.45. The maximum atomic E-state index is 11.8. The Balaban J connectivity index is 2.67. The molecular formula is C10H14N2O5S2. The molecule has 0 aliphatic carbocycles. The number of thiophene rings is 1. The van der Waals surface area contributed by atoms with Crippen molar-refractivity contribution in [2.45, 2.75) is 30.1 Å². The molecule has 0 radical (unpaired) electrons. The van der Waals surface area contributed by atoms with Crippen molar-refractivity contribution in [2.24, 2.45) is 0 Å². The fourth-order valence-corrected chi connectivity index (χ4v) is 3.37. The third-order valence-corrected chi connectivity index (χ3v) is 5.15. The quantitative estimate of drug-likeness (QED) is 0.685. The van der Waals surface area contributed by atoms with Crippen LogP contribution in [0, 0.1) is 0 Å². The van der Waals surface area contributed by atoms with E-state index in [0.29, 0.717) is 0 Å². The van der Waals surface area contributed by atoms with Crippen LogP contribution >= 0.6 is 11.3 Å². The number of nitrogens with one attached hydrogen (secondary N) is 2. The van der Waals surface area contributed by atoms with E-state index < -0.39 is 34.0 Å². The minimum atomic E-state index is -3.76. The molecule has 0 spiro atoms. The fourth-order valence-electron chi connectivity index (χ4n) is 1.16. The average molecular weight is 306 g/mol. The molecule has 2 atom stereocenters. The van der Waals surface area contributed by atoms with Gasteiger partial charge >= 0.3 is 5.97 Å². The number of carboxylic acid groups (broad SMARTS) is 1. The molecule has 106 valence electrons. The molecule has 0 fully saturated rings. The summed E-state index contributed by atoms with van der Waals surface area (Å²) in [6.45, 7) is 2.63. The van der Waals surface area contributed by atoms with Gasteiger partial charge in [-0.3, -0.25) is 9.59 Å². The van der Waals surface area contributed by atoms with E-state index in [-0.39, 0.29) is 4.21 Å². The van der Waals surface area contributed by atoms with E-state index in [2.05, 4.69) is 10.0 Å². The first-order valence-corrected chi connectivity index (χ1v) is 7.69. The molecule has 1 aromatic heterocycles. The molecule has 0 aliphatic heterocycles. The van der Waals surface area contributed by atoms with E-state index in [0.717, 1.165) is 11.3 Å². The number of rotatable bonds is 6. The zero-order valence-corrected chi connectivity index (χ0v) is 11.9. The van der Waals surface area contributed by atoms with E-state index in [1.54, 1.807) is 11.4 Å².